The van der Waals surface area contributed by atoms with Gasteiger partial charge in [-0.2, -0.15) is 0 Å². The predicted molar refractivity (Wildman–Crippen MR) is 137 cm³/mol. The average molecular weight is 500 g/mol. The molecule has 1 fully saturated rings. The fourth-order valence-electron chi connectivity index (χ4n) is 4.29. The van der Waals surface area contributed by atoms with Crippen molar-refractivity contribution in [1.82, 2.24) is 0 Å². The first-order chi connectivity index (χ1) is 17.4. The van der Waals surface area contributed by atoms with Gasteiger partial charge >= 0.3 is 0 Å². The van der Waals surface area contributed by atoms with E-state index >= 15 is 0 Å². The first kappa shape index (κ1) is 23.5. The number of nitrogens with zero attached hydrogens (tertiary/aromatic N) is 1. The maximum atomic E-state index is 14.0. The number of carbonyl (C=O) groups is 2. The number of amides is 1. The van der Waals surface area contributed by atoms with Crippen molar-refractivity contribution in [2.24, 2.45) is 0 Å². The summed E-state index contributed by atoms with van der Waals surface area (Å²) in [5.74, 6) is -1.81. The van der Waals surface area contributed by atoms with E-state index in [0.717, 1.165) is 11.1 Å². The van der Waals surface area contributed by atoms with Crippen LogP contribution in [0.2, 0.25) is 0 Å². The standard InChI is InChI=1S/C29H22FNO4S/c1-18-15-20(12-13-23(18)35-17-19-7-3-2-4-8-19)27(32)25-26(24-11-6-14-36-24)31(29(34)28(25)33)22-10-5-9-21(30)16-22/h2-16,26,32H,17H2,1H3/b27-25-. The molecule has 5 nitrogen and oxygen atoms in total. The van der Waals surface area contributed by atoms with Crippen molar-refractivity contribution in [3.05, 3.63) is 123 Å². The molecule has 36 heavy (non-hydrogen) atoms. The van der Waals surface area contributed by atoms with Gasteiger partial charge in [-0.25, -0.2) is 4.39 Å². The van der Waals surface area contributed by atoms with Gasteiger partial charge in [-0.15, -0.1) is 11.3 Å². The number of hydrogen-bond donors (Lipinski definition) is 1. The zero-order valence-electron chi connectivity index (χ0n) is 19.4. The lowest BCUT2D eigenvalue weighted by molar-refractivity contribution is -0.132. The molecule has 1 aromatic heterocycles. The molecule has 0 aliphatic carbocycles. The smallest absolute Gasteiger partial charge is 0.300 e. The average Bonchev–Trinajstić information content (AvgIpc) is 3.50. The Balaban J connectivity index is 1.53. The summed E-state index contributed by atoms with van der Waals surface area (Å²) in [6.45, 7) is 2.24. The van der Waals surface area contributed by atoms with Crippen LogP contribution >= 0.6 is 11.3 Å². The van der Waals surface area contributed by atoms with E-state index in [0.29, 0.717) is 22.8 Å². The number of ketones is 1. The normalized spacial score (nSPS) is 16.9. The molecule has 7 heteroatoms. The molecule has 180 valence electrons. The second-order valence-electron chi connectivity index (χ2n) is 8.42. The van der Waals surface area contributed by atoms with Gasteiger partial charge in [-0.05, 0) is 65.9 Å². The molecule has 1 aliphatic heterocycles. The number of Topliss-reactive ketones (excluding diaryl/α,β-unsaturated/α-hetero) is 1. The summed E-state index contributed by atoms with van der Waals surface area (Å²) in [6.07, 6.45) is 0. The minimum absolute atomic E-state index is 0.0379. The maximum Gasteiger partial charge on any atom is 0.300 e. The van der Waals surface area contributed by atoms with Gasteiger partial charge in [0, 0.05) is 16.1 Å². The van der Waals surface area contributed by atoms with Crippen LogP contribution in [0, 0.1) is 12.7 Å². The fraction of sp³-hybridized carbons (Fsp3) is 0.103. The van der Waals surface area contributed by atoms with Crippen molar-refractivity contribution in [3.63, 3.8) is 0 Å². The predicted octanol–water partition coefficient (Wildman–Crippen LogP) is 6.40. The summed E-state index contributed by atoms with van der Waals surface area (Å²) in [4.78, 5) is 28.2. The molecule has 1 amide bonds. The summed E-state index contributed by atoms with van der Waals surface area (Å²) in [7, 11) is 0. The Morgan fingerprint density at radius 2 is 1.81 bits per heavy atom. The second kappa shape index (κ2) is 9.79. The number of anilines is 1. The largest absolute Gasteiger partial charge is 0.507 e. The number of carbonyl (C=O) groups excluding carboxylic acids is 2. The molecule has 1 saturated heterocycles. The number of rotatable bonds is 6. The van der Waals surface area contributed by atoms with E-state index in [2.05, 4.69) is 0 Å². The minimum Gasteiger partial charge on any atom is -0.507 e. The molecule has 2 heterocycles. The Hall–Kier alpha value is -4.23. The van der Waals surface area contributed by atoms with Crippen LogP contribution in [-0.2, 0) is 16.2 Å². The molecule has 1 N–H and O–H groups in total. The van der Waals surface area contributed by atoms with E-state index in [1.54, 1.807) is 36.4 Å². The van der Waals surface area contributed by atoms with E-state index in [1.807, 2.05) is 42.6 Å². The third-order valence-electron chi connectivity index (χ3n) is 6.03. The molecule has 1 atom stereocenters. The van der Waals surface area contributed by atoms with Gasteiger partial charge in [0.2, 0.25) is 0 Å². The molecular formula is C29H22FNO4S. The number of hydrogen-bond acceptors (Lipinski definition) is 5. The Morgan fingerprint density at radius 1 is 1.00 bits per heavy atom. The van der Waals surface area contributed by atoms with Crippen LogP contribution in [0.1, 0.15) is 27.6 Å². The zero-order chi connectivity index (χ0) is 25.2. The Bertz CT molecular complexity index is 1460. The number of halogens is 1. The monoisotopic (exact) mass is 499 g/mol. The summed E-state index contributed by atoms with van der Waals surface area (Å²) >= 11 is 1.35. The van der Waals surface area contributed by atoms with E-state index in [4.69, 9.17) is 4.74 Å². The van der Waals surface area contributed by atoms with E-state index in [-0.39, 0.29) is 17.0 Å². The topological polar surface area (TPSA) is 66.8 Å². The van der Waals surface area contributed by atoms with Crippen LogP contribution in [0.4, 0.5) is 10.1 Å². The highest BCUT2D eigenvalue weighted by Crippen LogP contribution is 2.43. The summed E-state index contributed by atoms with van der Waals surface area (Å²) in [5.41, 5.74) is 2.39. The van der Waals surface area contributed by atoms with Crippen molar-refractivity contribution < 1.29 is 23.8 Å². The van der Waals surface area contributed by atoms with E-state index in [9.17, 15) is 19.1 Å². The lowest BCUT2D eigenvalue weighted by Gasteiger charge is -2.24. The number of aryl methyl sites for hydroxylation is 1. The van der Waals surface area contributed by atoms with Gasteiger partial charge in [-0.1, -0.05) is 42.5 Å². The van der Waals surface area contributed by atoms with Crippen molar-refractivity contribution in [2.75, 3.05) is 4.90 Å². The minimum atomic E-state index is -0.874. The SMILES string of the molecule is Cc1cc(/C(O)=C2/C(=O)C(=O)N(c3cccc(F)c3)C2c2cccs2)ccc1OCc1ccccc1. The van der Waals surface area contributed by atoms with Gasteiger partial charge < -0.3 is 9.84 Å². The maximum absolute atomic E-state index is 14.0. The van der Waals surface area contributed by atoms with Crippen molar-refractivity contribution >= 4 is 34.5 Å². The summed E-state index contributed by atoms with van der Waals surface area (Å²) in [6, 6.07) is 23.1. The molecule has 1 aliphatic rings. The summed E-state index contributed by atoms with van der Waals surface area (Å²) < 4.78 is 19.9. The van der Waals surface area contributed by atoms with Crippen LogP contribution in [0.5, 0.6) is 5.75 Å². The molecule has 3 aromatic carbocycles. The molecule has 0 bridgehead atoms. The van der Waals surface area contributed by atoms with Gasteiger partial charge in [-0.3, -0.25) is 14.5 Å². The van der Waals surface area contributed by atoms with Crippen LogP contribution < -0.4 is 9.64 Å². The van der Waals surface area contributed by atoms with Crippen molar-refractivity contribution in [1.29, 1.82) is 0 Å². The van der Waals surface area contributed by atoms with Crippen molar-refractivity contribution in [2.45, 2.75) is 19.6 Å². The third-order valence-corrected chi connectivity index (χ3v) is 6.95. The highest BCUT2D eigenvalue weighted by molar-refractivity contribution is 7.10. The molecule has 0 radical (unpaired) electrons. The lowest BCUT2D eigenvalue weighted by Crippen LogP contribution is -2.29. The van der Waals surface area contributed by atoms with E-state index in [1.165, 1.54) is 34.4 Å². The molecule has 4 aromatic rings. The number of aliphatic hydroxyl groups excluding tert-OH is 1. The Labute approximate surface area is 211 Å². The van der Waals surface area contributed by atoms with Crippen LogP contribution in [0.15, 0.2) is 95.9 Å². The van der Waals surface area contributed by atoms with Crippen molar-refractivity contribution in [3.8, 4) is 5.75 Å². The van der Waals surface area contributed by atoms with Gasteiger partial charge in [0.25, 0.3) is 11.7 Å². The quantitative estimate of drug-likeness (QED) is 0.189. The molecule has 0 spiro atoms. The first-order valence-corrected chi connectivity index (χ1v) is 12.2. The first-order valence-electron chi connectivity index (χ1n) is 11.3. The molecular weight excluding hydrogens is 477 g/mol. The molecule has 5 rings (SSSR count). The van der Waals surface area contributed by atoms with Gasteiger partial charge in [0.15, 0.2) is 0 Å². The third kappa shape index (κ3) is 4.41. The Morgan fingerprint density at radius 3 is 2.50 bits per heavy atom. The Kier molecular flexibility index (Phi) is 6.40. The number of ether oxygens (including phenoxy) is 1. The van der Waals surface area contributed by atoms with Crippen LogP contribution in [-0.4, -0.2) is 16.8 Å². The highest BCUT2D eigenvalue weighted by Gasteiger charge is 2.47. The second-order valence-corrected chi connectivity index (χ2v) is 9.40. The van der Waals surface area contributed by atoms with Gasteiger partial charge in [0.1, 0.15) is 30.0 Å². The molecule has 1 unspecified atom stereocenters. The number of benzene rings is 3. The number of aliphatic hydroxyl groups is 1. The lowest BCUT2D eigenvalue weighted by atomic mass is 9.98. The highest BCUT2D eigenvalue weighted by atomic mass is 32.1. The van der Waals surface area contributed by atoms with Gasteiger partial charge in [0.05, 0.1) is 5.57 Å². The summed E-state index contributed by atoms with van der Waals surface area (Å²) in [5, 5.41) is 13.1. The van der Waals surface area contributed by atoms with Crippen LogP contribution in [0.25, 0.3) is 5.76 Å². The van der Waals surface area contributed by atoms with E-state index < -0.39 is 23.5 Å². The fourth-order valence-corrected chi connectivity index (χ4v) is 5.11. The number of thiophene rings is 1. The zero-order valence-corrected chi connectivity index (χ0v) is 20.2. The molecule has 0 saturated carbocycles. The van der Waals surface area contributed by atoms with Crippen LogP contribution in [0.3, 0.4) is 0 Å².